The number of unbranched alkanes of at least 4 members (excludes halogenated alkanes) is 2. The number of hydrogen-bond acceptors (Lipinski definition) is 4. The summed E-state index contributed by atoms with van der Waals surface area (Å²) in [4.78, 5) is 3.75. The Morgan fingerprint density at radius 2 is 2.18 bits per heavy atom. The van der Waals surface area contributed by atoms with Gasteiger partial charge in [0.05, 0.1) is 5.02 Å². The Morgan fingerprint density at radius 3 is 2.76 bits per heavy atom. The molecule has 1 rings (SSSR count). The van der Waals surface area contributed by atoms with Gasteiger partial charge in [0.25, 0.3) is 0 Å². The molecule has 0 aliphatic rings. The zero-order chi connectivity index (χ0) is 12.9. The van der Waals surface area contributed by atoms with Crippen molar-refractivity contribution in [2.45, 2.75) is 31.1 Å². The molecule has 7 heteroatoms. The van der Waals surface area contributed by atoms with Crippen molar-refractivity contribution in [2.24, 2.45) is 0 Å². The molecule has 5 nitrogen and oxygen atoms in total. The number of aromatic nitrogens is 1. The highest BCUT2D eigenvalue weighted by Crippen LogP contribution is 2.19. The molecule has 0 fully saturated rings. The molecule has 0 saturated heterocycles. The molecule has 0 bridgehead atoms. The number of nitrogens with two attached hydrogens (primary N) is 1. The SMILES string of the molecule is CCCCCNS(=O)(=O)c1cnc(N)c(Cl)c1. The van der Waals surface area contributed by atoms with Gasteiger partial charge >= 0.3 is 0 Å². The summed E-state index contributed by atoms with van der Waals surface area (Å²) in [7, 11) is -3.53. The van der Waals surface area contributed by atoms with Crippen molar-refractivity contribution in [3.63, 3.8) is 0 Å². The number of nitrogens with zero attached hydrogens (tertiary/aromatic N) is 1. The van der Waals surface area contributed by atoms with Crippen LogP contribution in [0.4, 0.5) is 5.82 Å². The average Bonchev–Trinajstić information content (AvgIpc) is 2.28. The Bertz CT molecular complexity index is 476. The minimum Gasteiger partial charge on any atom is -0.382 e. The third-order valence-corrected chi connectivity index (χ3v) is 3.96. The normalized spacial score (nSPS) is 11.6. The number of nitrogens with one attached hydrogen (secondary N) is 1. The molecule has 0 spiro atoms. The van der Waals surface area contributed by atoms with Crippen LogP contribution < -0.4 is 10.5 Å². The van der Waals surface area contributed by atoms with Crippen molar-refractivity contribution in [1.82, 2.24) is 9.71 Å². The first-order chi connectivity index (χ1) is 7.97. The molecule has 1 heterocycles. The van der Waals surface area contributed by atoms with Crippen LogP contribution in [0.25, 0.3) is 0 Å². The van der Waals surface area contributed by atoms with Gasteiger partial charge in [-0.05, 0) is 12.5 Å². The van der Waals surface area contributed by atoms with Crippen LogP contribution in [-0.2, 0) is 10.0 Å². The molecule has 0 atom stereocenters. The van der Waals surface area contributed by atoms with Gasteiger partial charge in [-0.1, -0.05) is 31.4 Å². The summed E-state index contributed by atoms with van der Waals surface area (Å²) in [6.07, 6.45) is 4.04. The Labute approximate surface area is 106 Å². The topological polar surface area (TPSA) is 85.1 Å². The first-order valence-corrected chi connectivity index (χ1v) is 7.24. The van der Waals surface area contributed by atoms with Crippen LogP contribution in [0.15, 0.2) is 17.2 Å². The average molecular weight is 278 g/mol. The zero-order valence-electron chi connectivity index (χ0n) is 9.61. The van der Waals surface area contributed by atoms with E-state index < -0.39 is 10.0 Å². The maximum absolute atomic E-state index is 11.8. The van der Waals surface area contributed by atoms with Gasteiger partial charge in [-0.2, -0.15) is 0 Å². The summed E-state index contributed by atoms with van der Waals surface area (Å²) in [5, 5.41) is 0.140. The van der Waals surface area contributed by atoms with Crippen molar-refractivity contribution in [3.05, 3.63) is 17.3 Å². The minimum atomic E-state index is -3.53. The van der Waals surface area contributed by atoms with Crippen molar-refractivity contribution in [3.8, 4) is 0 Å². The molecule has 96 valence electrons. The number of halogens is 1. The van der Waals surface area contributed by atoms with E-state index in [0.29, 0.717) is 6.54 Å². The van der Waals surface area contributed by atoms with Gasteiger partial charge in [-0.25, -0.2) is 18.1 Å². The second kappa shape index (κ2) is 6.18. The first kappa shape index (κ1) is 14.2. The molecule has 0 saturated carbocycles. The summed E-state index contributed by atoms with van der Waals surface area (Å²) in [5.74, 6) is 0.122. The Balaban J connectivity index is 2.72. The van der Waals surface area contributed by atoms with E-state index in [9.17, 15) is 8.42 Å². The molecule has 0 aliphatic carbocycles. The number of hydrogen-bond donors (Lipinski definition) is 2. The van der Waals surface area contributed by atoms with Crippen LogP contribution in [0.5, 0.6) is 0 Å². The number of sulfonamides is 1. The highest BCUT2D eigenvalue weighted by molar-refractivity contribution is 7.89. The Morgan fingerprint density at radius 1 is 1.47 bits per heavy atom. The molecule has 0 aromatic carbocycles. The smallest absolute Gasteiger partial charge is 0.242 e. The maximum atomic E-state index is 11.8. The molecule has 1 aromatic heterocycles. The number of pyridine rings is 1. The predicted octanol–water partition coefficient (Wildman–Crippen LogP) is 1.79. The van der Waals surface area contributed by atoms with Gasteiger partial charge in [0, 0.05) is 12.7 Å². The van der Waals surface area contributed by atoms with Crippen LogP contribution in [0.3, 0.4) is 0 Å². The van der Waals surface area contributed by atoms with Gasteiger partial charge in [0.2, 0.25) is 10.0 Å². The molecule has 1 aromatic rings. The van der Waals surface area contributed by atoms with Gasteiger partial charge in [-0.3, -0.25) is 0 Å². The fourth-order valence-corrected chi connectivity index (χ4v) is 2.52. The second-order valence-corrected chi connectivity index (χ2v) is 5.82. The van der Waals surface area contributed by atoms with E-state index in [-0.39, 0.29) is 15.7 Å². The van der Waals surface area contributed by atoms with E-state index in [2.05, 4.69) is 16.6 Å². The molecule has 0 amide bonds. The molecule has 0 aliphatic heterocycles. The molecule has 3 N–H and O–H groups in total. The Kier molecular flexibility index (Phi) is 5.17. The number of anilines is 1. The van der Waals surface area contributed by atoms with Crippen molar-refractivity contribution in [2.75, 3.05) is 12.3 Å². The minimum absolute atomic E-state index is 0.0354. The van der Waals surface area contributed by atoms with E-state index in [0.717, 1.165) is 19.3 Å². The monoisotopic (exact) mass is 277 g/mol. The van der Waals surface area contributed by atoms with Crippen molar-refractivity contribution < 1.29 is 8.42 Å². The third-order valence-electron chi connectivity index (χ3n) is 2.23. The molecule has 17 heavy (non-hydrogen) atoms. The number of rotatable bonds is 6. The second-order valence-electron chi connectivity index (χ2n) is 3.64. The molecule has 0 radical (unpaired) electrons. The van der Waals surface area contributed by atoms with Crippen molar-refractivity contribution in [1.29, 1.82) is 0 Å². The van der Waals surface area contributed by atoms with Crippen LogP contribution >= 0.6 is 11.6 Å². The van der Waals surface area contributed by atoms with Gasteiger partial charge in [-0.15, -0.1) is 0 Å². The summed E-state index contributed by atoms with van der Waals surface area (Å²) >= 11 is 5.72. The summed E-state index contributed by atoms with van der Waals surface area (Å²) in [5.41, 5.74) is 5.41. The first-order valence-electron chi connectivity index (χ1n) is 5.38. The van der Waals surface area contributed by atoms with E-state index in [1.54, 1.807) is 0 Å². The van der Waals surface area contributed by atoms with E-state index in [4.69, 9.17) is 17.3 Å². The zero-order valence-corrected chi connectivity index (χ0v) is 11.2. The lowest BCUT2D eigenvalue weighted by atomic mass is 10.3. The summed E-state index contributed by atoms with van der Waals surface area (Å²) in [6, 6.07) is 1.30. The Hall–Kier alpha value is -0.850. The third kappa shape index (κ3) is 4.14. The van der Waals surface area contributed by atoms with Crippen LogP contribution in [0.1, 0.15) is 26.2 Å². The lowest BCUT2D eigenvalue weighted by Crippen LogP contribution is -2.25. The fraction of sp³-hybridized carbons (Fsp3) is 0.500. The van der Waals surface area contributed by atoms with E-state index >= 15 is 0 Å². The van der Waals surface area contributed by atoms with Gasteiger partial charge in [0.15, 0.2) is 0 Å². The lowest BCUT2D eigenvalue weighted by Gasteiger charge is -2.07. The van der Waals surface area contributed by atoms with Crippen LogP contribution in [0.2, 0.25) is 5.02 Å². The molecular weight excluding hydrogens is 262 g/mol. The van der Waals surface area contributed by atoms with Crippen LogP contribution in [-0.4, -0.2) is 19.9 Å². The van der Waals surface area contributed by atoms with Crippen molar-refractivity contribution >= 4 is 27.4 Å². The molecular formula is C10H16ClN3O2S. The number of nitrogen functional groups attached to an aromatic ring is 1. The highest BCUT2D eigenvalue weighted by Gasteiger charge is 2.15. The quantitative estimate of drug-likeness (QED) is 0.776. The van der Waals surface area contributed by atoms with Gasteiger partial charge in [0.1, 0.15) is 10.7 Å². The predicted molar refractivity (Wildman–Crippen MR) is 68.4 cm³/mol. The van der Waals surface area contributed by atoms with E-state index in [1.807, 2.05) is 0 Å². The highest BCUT2D eigenvalue weighted by atomic mass is 35.5. The summed E-state index contributed by atoms with van der Waals surface area (Å²) < 4.78 is 26.1. The largest absolute Gasteiger partial charge is 0.382 e. The lowest BCUT2D eigenvalue weighted by molar-refractivity contribution is 0.575. The fourth-order valence-electron chi connectivity index (χ4n) is 1.24. The van der Waals surface area contributed by atoms with E-state index in [1.165, 1.54) is 12.3 Å². The standard InChI is InChI=1S/C10H16ClN3O2S/c1-2-3-4-5-14-17(15,16)8-6-9(11)10(12)13-7-8/h6-7,14H,2-5H2,1H3,(H2,12,13). The maximum Gasteiger partial charge on any atom is 0.242 e. The molecule has 0 unspecified atom stereocenters. The van der Waals surface area contributed by atoms with Gasteiger partial charge < -0.3 is 5.73 Å². The summed E-state index contributed by atoms with van der Waals surface area (Å²) in [6.45, 7) is 2.47. The van der Waals surface area contributed by atoms with Crippen LogP contribution in [0, 0.1) is 0 Å².